The van der Waals surface area contributed by atoms with Crippen molar-refractivity contribution in [3.8, 4) is 5.75 Å². The second-order valence-corrected chi connectivity index (χ2v) is 6.82. The van der Waals surface area contributed by atoms with E-state index in [0.717, 1.165) is 18.4 Å². The average Bonchev–Trinajstić information content (AvgIpc) is 2.98. The topological polar surface area (TPSA) is 66.8 Å². The van der Waals surface area contributed by atoms with Crippen LogP contribution in [0.25, 0.3) is 5.76 Å². The van der Waals surface area contributed by atoms with Gasteiger partial charge in [-0.05, 0) is 48.2 Å². The fourth-order valence-corrected chi connectivity index (χ4v) is 3.54. The second-order valence-electron chi connectivity index (χ2n) is 6.82. The van der Waals surface area contributed by atoms with Crippen LogP contribution in [0.3, 0.4) is 0 Å². The van der Waals surface area contributed by atoms with E-state index < -0.39 is 17.7 Å². The van der Waals surface area contributed by atoms with Crippen LogP contribution in [0, 0.1) is 0 Å². The summed E-state index contributed by atoms with van der Waals surface area (Å²) in [5.41, 5.74) is 2.60. The Labute approximate surface area is 165 Å². The molecule has 1 saturated heterocycles. The minimum atomic E-state index is -0.647. The monoisotopic (exact) mass is 379 g/mol. The van der Waals surface area contributed by atoms with E-state index in [1.54, 1.807) is 36.3 Å². The average molecular weight is 379 g/mol. The standard InChI is InChI=1S/C23H25NO4/c1-4-14-24-20(16-8-6-15(5-2)7-9-16)19(22(26)23(24)27)21(25)17-10-12-18(28-3)13-11-17/h6-13,20,25H,4-5,14H2,1-3H3/b21-19-. The van der Waals surface area contributed by atoms with Crippen molar-refractivity contribution < 1.29 is 19.4 Å². The lowest BCUT2D eigenvalue weighted by molar-refractivity contribution is -0.139. The number of hydrogen-bond donors (Lipinski definition) is 1. The normalized spacial score (nSPS) is 18.5. The van der Waals surface area contributed by atoms with Gasteiger partial charge in [0.1, 0.15) is 11.5 Å². The first-order chi connectivity index (χ1) is 13.5. The summed E-state index contributed by atoms with van der Waals surface area (Å²) in [5.74, 6) is -0.730. The van der Waals surface area contributed by atoms with Crippen LogP contribution >= 0.6 is 0 Å². The van der Waals surface area contributed by atoms with E-state index >= 15 is 0 Å². The number of rotatable bonds is 6. The molecule has 1 aliphatic rings. The number of aryl methyl sites for hydroxylation is 1. The minimum absolute atomic E-state index is 0.132. The molecule has 0 spiro atoms. The first kappa shape index (κ1) is 19.7. The third-order valence-electron chi connectivity index (χ3n) is 5.07. The molecule has 1 amide bonds. The molecule has 28 heavy (non-hydrogen) atoms. The summed E-state index contributed by atoms with van der Waals surface area (Å²) < 4.78 is 5.15. The molecule has 1 N–H and O–H groups in total. The molecule has 0 aliphatic carbocycles. The van der Waals surface area contributed by atoms with E-state index in [9.17, 15) is 14.7 Å². The number of nitrogens with zero attached hydrogens (tertiary/aromatic N) is 1. The number of amides is 1. The number of methoxy groups -OCH3 is 1. The summed E-state index contributed by atoms with van der Waals surface area (Å²) in [6.07, 6.45) is 1.63. The molecular weight excluding hydrogens is 354 g/mol. The van der Waals surface area contributed by atoms with E-state index in [-0.39, 0.29) is 11.3 Å². The molecule has 3 rings (SSSR count). The fourth-order valence-electron chi connectivity index (χ4n) is 3.54. The molecule has 5 heteroatoms. The molecule has 0 aromatic heterocycles. The summed E-state index contributed by atoms with van der Waals surface area (Å²) in [5, 5.41) is 10.9. The van der Waals surface area contributed by atoms with Gasteiger partial charge in [-0.1, -0.05) is 38.1 Å². The number of aliphatic hydroxyl groups excluding tert-OH is 1. The van der Waals surface area contributed by atoms with E-state index in [2.05, 4.69) is 6.92 Å². The number of carbonyl (C=O) groups excluding carboxylic acids is 2. The first-order valence-electron chi connectivity index (χ1n) is 9.53. The highest BCUT2D eigenvalue weighted by Gasteiger charge is 2.45. The molecule has 1 heterocycles. The van der Waals surface area contributed by atoms with Crippen molar-refractivity contribution in [1.82, 2.24) is 4.90 Å². The van der Waals surface area contributed by atoms with Crippen LogP contribution in [0.4, 0.5) is 0 Å². The van der Waals surface area contributed by atoms with Crippen LogP contribution in [-0.4, -0.2) is 35.4 Å². The van der Waals surface area contributed by atoms with Crippen LogP contribution in [0.2, 0.25) is 0 Å². The predicted octanol–water partition coefficient (Wildman–Crippen LogP) is 4.09. The van der Waals surface area contributed by atoms with Crippen LogP contribution in [0.1, 0.15) is 43.0 Å². The van der Waals surface area contributed by atoms with Gasteiger partial charge < -0.3 is 14.7 Å². The third kappa shape index (κ3) is 3.52. The van der Waals surface area contributed by atoms with Gasteiger partial charge >= 0.3 is 0 Å². The summed E-state index contributed by atoms with van der Waals surface area (Å²) in [6, 6.07) is 14.0. The molecule has 0 saturated carbocycles. The molecule has 0 bridgehead atoms. The number of ether oxygens (including phenoxy) is 1. The number of aliphatic hydroxyl groups is 1. The van der Waals surface area contributed by atoms with E-state index in [1.807, 2.05) is 31.2 Å². The van der Waals surface area contributed by atoms with Gasteiger partial charge in [0.05, 0.1) is 18.7 Å². The molecule has 1 fully saturated rings. The Bertz CT molecular complexity index is 897. The van der Waals surface area contributed by atoms with Crippen LogP contribution in [-0.2, 0) is 16.0 Å². The number of hydrogen-bond acceptors (Lipinski definition) is 4. The molecule has 5 nitrogen and oxygen atoms in total. The zero-order chi connectivity index (χ0) is 20.3. The van der Waals surface area contributed by atoms with Crippen molar-refractivity contribution in [3.63, 3.8) is 0 Å². The number of Topliss-reactive ketones (excluding diaryl/α,β-unsaturated/α-hetero) is 1. The van der Waals surface area contributed by atoms with Crippen molar-refractivity contribution in [2.45, 2.75) is 32.7 Å². The zero-order valence-corrected chi connectivity index (χ0v) is 16.4. The Morgan fingerprint density at radius 1 is 1.04 bits per heavy atom. The Morgan fingerprint density at radius 2 is 1.68 bits per heavy atom. The number of ketones is 1. The lowest BCUT2D eigenvalue weighted by Gasteiger charge is -2.25. The highest BCUT2D eigenvalue weighted by molar-refractivity contribution is 6.46. The van der Waals surface area contributed by atoms with Gasteiger partial charge in [-0.3, -0.25) is 9.59 Å². The van der Waals surface area contributed by atoms with Gasteiger partial charge in [0.25, 0.3) is 11.7 Å². The molecule has 2 aromatic carbocycles. The Morgan fingerprint density at radius 3 is 2.21 bits per heavy atom. The van der Waals surface area contributed by atoms with Crippen molar-refractivity contribution in [1.29, 1.82) is 0 Å². The Hall–Kier alpha value is -3.08. The summed E-state index contributed by atoms with van der Waals surface area (Å²) in [4.78, 5) is 27.0. The molecule has 0 radical (unpaired) electrons. The predicted molar refractivity (Wildman–Crippen MR) is 108 cm³/mol. The fraction of sp³-hybridized carbons (Fsp3) is 0.304. The van der Waals surface area contributed by atoms with Crippen molar-refractivity contribution in [2.24, 2.45) is 0 Å². The van der Waals surface area contributed by atoms with Gasteiger partial charge in [-0.2, -0.15) is 0 Å². The molecule has 1 aliphatic heterocycles. The van der Waals surface area contributed by atoms with Crippen molar-refractivity contribution in [2.75, 3.05) is 13.7 Å². The zero-order valence-electron chi connectivity index (χ0n) is 16.4. The highest BCUT2D eigenvalue weighted by atomic mass is 16.5. The van der Waals surface area contributed by atoms with Gasteiger partial charge in [0.2, 0.25) is 0 Å². The number of benzene rings is 2. The quantitative estimate of drug-likeness (QED) is 0.466. The smallest absolute Gasteiger partial charge is 0.295 e. The molecule has 146 valence electrons. The van der Waals surface area contributed by atoms with Gasteiger partial charge in [-0.25, -0.2) is 0 Å². The molecule has 1 unspecified atom stereocenters. The van der Waals surface area contributed by atoms with Gasteiger partial charge in [-0.15, -0.1) is 0 Å². The maximum absolute atomic E-state index is 12.8. The lowest BCUT2D eigenvalue weighted by atomic mass is 9.94. The Kier molecular flexibility index (Phi) is 5.83. The van der Waals surface area contributed by atoms with Crippen molar-refractivity contribution >= 4 is 17.4 Å². The highest BCUT2D eigenvalue weighted by Crippen LogP contribution is 2.39. The maximum Gasteiger partial charge on any atom is 0.295 e. The number of carbonyl (C=O) groups is 2. The Balaban J connectivity index is 2.13. The first-order valence-corrected chi connectivity index (χ1v) is 9.53. The SMILES string of the molecule is CCCN1C(=O)C(=O)/C(=C(\O)c2ccc(OC)cc2)C1c1ccc(CC)cc1. The van der Waals surface area contributed by atoms with Crippen LogP contribution in [0.5, 0.6) is 5.75 Å². The summed E-state index contributed by atoms with van der Waals surface area (Å²) in [7, 11) is 1.56. The summed E-state index contributed by atoms with van der Waals surface area (Å²) in [6.45, 7) is 4.48. The van der Waals surface area contributed by atoms with E-state index in [1.165, 1.54) is 5.56 Å². The van der Waals surface area contributed by atoms with E-state index in [4.69, 9.17) is 4.74 Å². The largest absolute Gasteiger partial charge is 0.507 e. The van der Waals surface area contributed by atoms with Gasteiger partial charge in [0, 0.05) is 12.1 Å². The van der Waals surface area contributed by atoms with Crippen LogP contribution < -0.4 is 4.74 Å². The maximum atomic E-state index is 12.8. The van der Waals surface area contributed by atoms with E-state index in [0.29, 0.717) is 17.9 Å². The molecular formula is C23H25NO4. The lowest BCUT2D eigenvalue weighted by Crippen LogP contribution is -2.30. The molecule has 2 aromatic rings. The van der Waals surface area contributed by atoms with Crippen molar-refractivity contribution in [3.05, 3.63) is 70.8 Å². The molecule has 1 atom stereocenters. The summed E-state index contributed by atoms with van der Waals surface area (Å²) >= 11 is 0. The third-order valence-corrected chi connectivity index (χ3v) is 5.07. The minimum Gasteiger partial charge on any atom is -0.507 e. The number of likely N-dealkylation sites (tertiary alicyclic amines) is 1. The van der Waals surface area contributed by atoms with Gasteiger partial charge in [0.15, 0.2) is 0 Å². The second kappa shape index (κ2) is 8.30. The van der Waals surface area contributed by atoms with Crippen LogP contribution in [0.15, 0.2) is 54.1 Å².